The molecule has 1 aliphatic heterocycles. The smallest absolute Gasteiger partial charge is 0.221 e. The van der Waals surface area contributed by atoms with Gasteiger partial charge in [0.05, 0.1) is 0 Å². The zero-order valence-corrected chi connectivity index (χ0v) is 10.6. The number of nitrogens with zero attached hydrogens (tertiary/aromatic N) is 1. The number of amides is 1. The molecule has 4 nitrogen and oxygen atoms in total. The maximum absolute atomic E-state index is 11.3. The molecule has 1 amide bonds. The maximum atomic E-state index is 11.3. The molecule has 94 valence electrons. The van der Waals surface area contributed by atoms with Gasteiger partial charge < -0.3 is 15.5 Å². The molecule has 0 aromatic carbocycles. The molecule has 1 rings (SSSR count). The van der Waals surface area contributed by atoms with Gasteiger partial charge in [-0.25, -0.2) is 0 Å². The Labute approximate surface area is 98.8 Å². The number of hydrogen-bond donors (Lipinski definition) is 2. The molecule has 0 aliphatic carbocycles. The molecule has 2 N–H and O–H groups in total. The lowest BCUT2D eigenvalue weighted by molar-refractivity contribution is -0.121. The summed E-state index contributed by atoms with van der Waals surface area (Å²) in [5.41, 5.74) is 0. The lowest BCUT2D eigenvalue weighted by Crippen LogP contribution is -2.36. The second-order valence-corrected chi connectivity index (χ2v) is 4.66. The topological polar surface area (TPSA) is 44.4 Å². The first kappa shape index (κ1) is 13.5. The number of rotatable bonds is 6. The van der Waals surface area contributed by atoms with Gasteiger partial charge in [0.25, 0.3) is 0 Å². The number of piperidine rings is 1. The Hall–Kier alpha value is -0.610. The summed E-state index contributed by atoms with van der Waals surface area (Å²) in [5, 5.41) is 6.20. The van der Waals surface area contributed by atoms with Crippen molar-refractivity contribution in [3.05, 3.63) is 0 Å². The molecule has 16 heavy (non-hydrogen) atoms. The van der Waals surface area contributed by atoms with Crippen LogP contribution < -0.4 is 10.6 Å². The molecule has 1 saturated heterocycles. The Bertz CT molecular complexity index is 202. The molecular formula is C12H25N3O. The minimum Gasteiger partial charge on any atom is -0.356 e. The molecule has 0 atom stereocenters. The van der Waals surface area contributed by atoms with E-state index in [0.717, 1.165) is 38.6 Å². The van der Waals surface area contributed by atoms with E-state index < -0.39 is 0 Å². The maximum Gasteiger partial charge on any atom is 0.221 e. The van der Waals surface area contributed by atoms with Crippen molar-refractivity contribution in [3.63, 3.8) is 0 Å². The summed E-state index contributed by atoms with van der Waals surface area (Å²) in [6.07, 6.45) is 3.16. The second-order valence-electron chi connectivity index (χ2n) is 4.66. The molecule has 0 aromatic heterocycles. The minimum atomic E-state index is 0.166. The average Bonchev–Trinajstić information content (AvgIpc) is 2.28. The summed E-state index contributed by atoms with van der Waals surface area (Å²) < 4.78 is 0. The van der Waals surface area contributed by atoms with Crippen molar-refractivity contribution in [1.29, 1.82) is 0 Å². The highest BCUT2D eigenvalue weighted by Gasteiger charge is 2.15. The predicted octanol–water partition coefficient (Wildman–Crippen LogP) is 0.444. The molecule has 0 aromatic rings. The molecular weight excluding hydrogens is 202 g/mol. The van der Waals surface area contributed by atoms with E-state index in [1.807, 2.05) is 6.92 Å². The van der Waals surface area contributed by atoms with Crippen molar-refractivity contribution in [2.75, 3.05) is 39.8 Å². The van der Waals surface area contributed by atoms with Crippen LogP contribution in [0.3, 0.4) is 0 Å². The fourth-order valence-corrected chi connectivity index (χ4v) is 2.17. The third kappa shape index (κ3) is 5.47. The molecule has 1 heterocycles. The molecule has 4 heteroatoms. The molecule has 0 radical (unpaired) electrons. The van der Waals surface area contributed by atoms with E-state index in [4.69, 9.17) is 0 Å². The van der Waals surface area contributed by atoms with Crippen LogP contribution in [-0.2, 0) is 4.79 Å². The van der Waals surface area contributed by atoms with Crippen molar-refractivity contribution in [3.8, 4) is 0 Å². The van der Waals surface area contributed by atoms with E-state index >= 15 is 0 Å². The first-order chi connectivity index (χ1) is 7.72. The Morgan fingerprint density at radius 2 is 2.12 bits per heavy atom. The molecule has 1 aliphatic rings. The third-order valence-electron chi connectivity index (χ3n) is 3.12. The van der Waals surface area contributed by atoms with Gasteiger partial charge in [-0.1, -0.05) is 0 Å². The van der Waals surface area contributed by atoms with Crippen LogP contribution >= 0.6 is 0 Å². The summed E-state index contributed by atoms with van der Waals surface area (Å²) in [5.74, 6) is 0.972. The van der Waals surface area contributed by atoms with Crippen LogP contribution in [0.15, 0.2) is 0 Å². The highest BCUT2D eigenvalue weighted by atomic mass is 16.1. The number of hydrogen-bond acceptors (Lipinski definition) is 3. The number of nitrogens with one attached hydrogen (secondary N) is 2. The highest BCUT2D eigenvalue weighted by molar-refractivity contribution is 5.75. The van der Waals surface area contributed by atoms with Crippen LogP contribution in [0.2, 0.25) is 0 Å². The highest BCUT2D eigenvalue weighted by Crippen LogP contribution is 2.12. The summed E-state index contributed by atoms with van der Waals surface area (Å²) in [6.45, 7) is 6.98. The van der Waals surface area contributed by atoms with Gasteiger partial charge in [-0.05, 0) is 45.8 Å². The van der Waals surface area contributed by atoms with Gasteiger partial charge in [-0.15, -0.1) is 0 Å². The van der Waals surface area contributed by atoms with Crippen molar-refractivity contribution in [2.24, 2.45) is 5.92 Å². The lowest BCUT2D eigenvalue weighted by Gasteiger charge is -2.27. The normalized spacial score (nSPS) is 17.7. The van der Waals surface area contributed by atoms with Gasteiger partial charge in [0, 0.05) is 26.1 Å². The Morgan fingerprint density at radius 1 is 1.44 bits per heavy atom. The average molecular weight is 227 g/mol. The predicted molar refractivity (Wildman–Crippen MR) is 66.4 cm³/mol. The fraction of sp³-hybridized carbons (Fsp3) is 0.917. The van der Waals surface area contributed by atoms with Gasteiger partial charge in [0.2, 0.25) is 5.91 Å². The van der Waals surface area contributed by atoms with E-state index in [1.54, 1.807) is 0 Å². The van der Waals surface area contributed by atoms with Gasteiger partial charge in [-0.2, -0.15) is 0 Å². The Kier molecular flexibility index (Phi) is 6.42. The molecule has 0 spiro atoms. The van der Waals surface area contributed by atoms with Crippen LogP contribution in [0.1, 0.15) is 26.2 Å². The summed E-state index contributed by atoms with van der Waals surface area (Å²) in [4.78, 5) is 13.6. The number of carbonyl (C=O) groups is 1. The van der Waals surface area contributed by atoms with Crippen LogP contribution in [0, 0.1) is 5.92 Å². The fourth-order valence-electron chi connectivity index (χ4n) is 2.17. The molecule has 1 fully saturated rings. The van der Waals surface area contributed by atoms with Crippen molar-refractivity contribution in [2.45, 2.75) is 26.2 Å². The van der Waals surface area contributed by atoms with E-state index in [-0.39, 0.29) is 5.91 Å². The standard InChI is InChI=1S/C12H25N3O/c1-3-14-12(16)6-9-15(2)10-11-4-7-13-8-5-11/h11,13H,3-10H2,1-2H3,(H,14,16). The van der Waals surface area contributed by atoms with Crippen LogP contribution in [0.25, 0.3) is 0 Å². The van der Waals surface area contributed by atoms with Crippen LogP contribution in [0.5, 0.6) is 0 Å². The van der Waals surface area contributed by atoms with Crippen molar-refractivity contribution >= 4 is 5.91 Å². The van der Waals surface area contributed by atoms with Crippen LogP contribution in [-0.4, -0.2) is 50.6 Å². The summed E-state index contributed by atoms with van der Waals surface area (Å²) in [6, 6.07) is 0. The molecule has 0 unspecified atom stereocenters. The lowest BCUT2D eigenvalue weighted by atomic mass is 9.98. The van der Waals surface area contributed by atoms with Gasteiger partial charge in [0.15, 0.2) is 0 Å². The first-order valence-electron chi connectivity index (χ1n) is 6.38. The van der Waals surface area contributed by atoms with Gasteiger partial charge >= 0.3 is 0 Å². The third-order valence-corrected chi connectivity index (χ3v) is 3.12. The summed E-state index contributed by atoms with van der Waals surface area (Å²) >= 11 is 0. The SMILES string of the molecule is CCNC(=O)CCN(C)CC1CCNCC1. The quantitative estimate of drug-likeness (QED) is 0.692. The summed E-state index contributed by atoms with van der Waals surface area (Å²) in [7, 11) is 2.11. The zero-order chi connectivity index (χ0) is 11.8. The second kappa shape index (κ2) is 7.63. The van der Waals surface area contributed by atoms with Gasteiger partial charge in [-0.3, -0.25) is 4.79 Å². The monoisotopic (exact) mass is 227 g/mol. The first-order valence-corrected chi connectivity index (χ1v) is 6.38. The van der Waals surface area contributed by atoms with E-state index in [1.165, 1.54) is 12.8 Å². The van der Waals surface area contributed by atoms with Gasteiger partial charge in [0.1, 0.15) is 0 Å². The largest absolute Gasteiger partial charge is 0.356 e. The van der Waals surface area contributed by atoms with E-state index in [9.17, 15) is 4.79 Å². The minimum absolute atomic E-state index is 0.166. The van der Waals surface area contributed by atoms with Crippen LogP contribution in [0.4, 0.5) is 0 Å². The van der Waals surface area contributed by atoms with Crippen molar-refractivity contribution in [1.82, 2.24) is 15.5 Å². The molecule has 0 saturated carbocycles. The Morgan fingerprint density at radius 3 is 2.75 bits per heavy atom. The van der Waals surface area contributed by atoms with E-state index in [2.05, 4.69) is 22.6 Å². The molecule has 0 bridgehead atoms. The zero-order valence-electron chi connectivity index (χ0n) is 10.6. The number of carbonyl (C=O) groups excluding carboxylic acids is 1. The Balaban J connectivity index is 2.09. The van der Waals surface area contributed by atoms with E-state index in [0.29, 0.717) is 6.42 Å². The van der Waals surface area contributed by atoms with Crippen molar-refractivity contribution < 1.29 is 4.79 Å².